The topological polar surface area (TPSA) is 55.4 Å². The number of carbonyl (C=O) groups excluding carboxylic acids is 2. The van der Waals surface area contributed by atoms with Crippen LogP contribution in [0.5, 0.6) is 0 Å². The molecule has 5 heteroatoms. The molecule has 1 unspecified atom stereocenters. The molecule has 0 heterocycles. The average Bonchev–Trinajstić information content (AvgIpc) is 1.87. The molecule has 0 radical (unpaired) electrons. The average molecular weight is 177 g/mol. The van der Waals surface area contributed by atoms with Gasteiger partial charge in [0.05, 0.1) is 11.9 Å². The molecule has 0 rings (SSSR count). The Morgan fingerprint density at radius 2 is 2.18 bits per heavy atom. The van der Waals surface area contributed by atoms with E-state index in [9.17, 15) is 9.59 Å². The molecule has 0 aromatic heterocycles. The summed E-state index contributed by atoms with van der Waals surface area (Å²) in [7, 11) is 0. The highest BCUT2D eigenvalue weighted by atomic mass is 32.1. The predicted octanol–water partition coefficient (Wildman–Crippen LogP) is 0.577. The van der Waals surface area contributed by atoms with E-state index in [0.29, 0.717) is 0 Å². The van der Waals surface area contributed by atoms with Crippen LogP contribution in [0.15, 0.2) is 0 Å². The summed E-state index contributed by atoms with van der Waals surface area (Å²) in [6.45, 7) is 3.48. The first-order chi connectivity index (χ1) is 5.07. The highest BCUT2D eigenvalue weighted by Gasteiger charge is 2.11. The highest BCUT2D eigenvalue weighted by Crippen LogP contribution is 1.91. The van der Waals surface area contributed by atoms with Crippen LogP contribution in [-0.2, 0) is 9.53 Å². The van der Waals surface area contributed by atoms with Crippen LogP contribution in [-0.4, -0.2) is 23.9 Å². The molecule has 4 nitrogen and oxygen atoms in total. The predicted molar refractivity (Wildman–Crippen MR) is 43.6 cm³/mol. The Hall–Kier alpha value is -0.710. The lowest BCUT2D eigenvalue weighted by Gasteiger charge is -2.04. The van der Waals surface area contributed by atoms with Crippen LogP contribution in [0.1, 0.15) is 13.8 Å². The van der Waals surface area contributed by atoms with Crippen LogP contribution < -0.4 is 5.32 Å². The van der Waals surface area contributed by atoms with E-state index in [-0.39, 0.29) is 6.61 Å². The largest absolute Gasteiger partial charge is 0.450 e. The summed E-state index contributed by atoms with van der Waals surface area (Å²) in [5.41, 5.74) is 0. The van der Waals surface area contributed by atoms with E-state index in [4.69, 9.17) is 0 Å². The standard InChI is InChI=1S/C6H11NO3S/c1-3-10-6(9)7-5(8)4(2)11/h4,11H,3H2,1-2H3,(H,7,8,9). The number of ether oxygens (including phenoxy) is 1. The first kappa shape index (κ1) is 10.3. The Morgan fingerprint density at radius 1 is 1.64 bits per heavy atom. The van der Waals surface area contributed by atoms with Crippen LogP contribution in [0.4, 0.5) is 4.79 Å². The Labute approximate surface area is 70.7 Å². The molecule has 0 spiro atoms. The zero-order valence-corrected chi connectivity index (χ0v) is 7.35. The van der Waals surface area contributed by atoms with Crippen LogP contribution in [0, 0.1) is 0 Å². The maximum absolute atomic E-state index is 10.7. The van der Waals surface area contributed by atoms with Crippen LogP contribution in [0.3, 0.4) is 0 Å². The van der Waals surface area contributed by atoms with Crippen molar-refractivity contribution in [3.8, 4) is 0 Å². The van der Waals surface area contributed by atoms with Gasteiger partial charge in [-0.15, -0.1) is 0 Å². The molecule has 0 fully saturated rings. The van der Waals surface area contributed by atoms with Crippen molar-refractivity contribution in [2.24, 2.45) is 0 Å². The lowest BCUT2D eigenvalue weighted by molar-refractivity contribution is -0.119. The second-order valence-electron chi connectivity index (χ2n) is 1.89. The first-order valence-corrected chi connectivity index (χ1v) is 3.75. The fourth-order valence-electron chi connectivity index (χ4n) is 0.372. The van der Waals surface area contributed by atoms with Crippen molar-refractivity contribution >= 4 is 24.6 Å². The van der Waals surface area contributed by atoms with Gasteiger partial charge in [0.1, 0.15) is 0 Å². The molecule has 0 aromatic carbocycles. The van der Waals surface area contributed by atoms with Crippen LogP contribution in [0.25, 0.3) is 0 Å². The summed E-state index contributed by atoms with van der Waals surface area (Å²) in [5.74, 6) is -0.452. The number of hydrogen-bond donors (Lipinski definition) is 2. The van der Waals surface area contributed by atoms with Gasteiger partial charge < -0.3 is 4.74 Å². The Balaban J connectivity index is 3.67. The van der Waals surface area contributed by atoms with E-state index in [1.165, 1.54) is 0 Å². The van der Waals surface area contributed by atoms with Gasteiger partial charge in [-0.1, -0.05) is 0 Å². The van der Waals surface area contributed by atoms with Crippen molar-refractivity contribution in [3.63, 3.8) is 0 Å². The molecule has 0 bridgehead atoms. The number of hydrogen-bond acceptors (Lipinski definition) is 4. The van der Waals surface area contributed by atoms with Gasteiger partial charge in [-0.2, -0.15) is 12.6 Å². The van der Waals surface area contributed by atoms with Gasteiger partial charge in [0.2, 0.25) is 5.91 Å². The summed E-state index contributed by atoms with van der Waals surface area (Å²) in [6.07, 6.45) is -0.724. The second kappa shape index (κ2) is 5.01. The number of carbonyl (C=O) groups is 2. The van der Waals surface area contributed by atoms with E-state index >= 15 is 0 Å². The smallest absolute Gasteiger partial charge is 0.413 e. The molecular weight excluding hydrogens is 166 g/mol. The normalized spacial score (nSPS) is 11.9. The van der Waals surface area contributed by atoms with Gasteiger partial charge in [-0.3, -0.25) is 10.1 Å². The van der Waals surface area contributed by atoms with Gasteiger partial charge in [0.25, 0.3) is 0 Å². The fourth-order valence-corrected chi connectivity index (χ4v) is 0.437. The Bertz CT molecular complexity index is 158. The third kappa shape index (κ3) is 4.66. The maximum atomic E-state index is 10.7. The third-order valence-electron chi connectivity index (χ3n) is 0.880. The summed E-state index contributed by atoms with van der Waals surface area (Å²) in [6, 6.07) is 0. The zero-order chi connectivity index (χ0) is 8.85. The van der Waals surface area contributed by atoms with Gasteiger partial charge in [0.15, 0.2) is 0 Å². The maximum Gasteiger partial charge on any atom is 0.413 e. The molecule has 0 aliphatic heterocycles. The Morgan fingerprint density at radius 3 is 2.55 bits per heavy atom. The molecule has 0 saturated carbocycles. The van der Waals surface area contributed by atoms with Crippen molar-refractivity contribution in [1.82, 2.24) is 5.32 Å². The molecular formula is C6H11NO3S. The van der Waals surface area contributed by atoms with E-state index in [0.717, 1.165) is 0 Å². The molecule has 64 valence electrons. The summed E-state index contributed by atoms with van der Waals surface area (Å²) in [5, 5.41) is 1.50. The lowest BCUT2D eigenvalue weighted by atomic mass is 10.4. The number of imide groups is 1. The number of rotatable bonds is 2. The Kier molecular flexibility index (Phi) is 4.69. The number of nitrogens with one attached hydrogen (secondary N) is 1. The molecule has 0 aliphatic carbocycles. The van der Waals surface area contributed by atoms with Crippen molar-refractivity contribution < 1.29 is 14.3 Å². The first-order valence-electron chi connectivity index (χ1n) is 3.23. The van der Waals surface area contributed by atoms with E-state index in [1.807, 2.05) is 5.32 Å². The quantitative estimate of drug-likeness (QED) is 0.606. The number of thiol groups is 1. The minimum absolute atomic E-state index is 0.250. The number of alkyl carbamates (subject to hydrolysis) is 1. The van der Waals surface area contributed by atoms with Gasteiger partial charge >= 0.3 is 6.09 Å². The molecule has 0 saturated heterocycles. The minimum atomic E-state index is -0.724. The third-order valence-corrected chi connectivity index (χ3v) is 1.11. The van der Waals surface area contributed by atoms with Crippen molar-refractivity contribution in [2.45, 2.75) is 19.1 Å². The summed E-state index contributed by atoms with van der Waals surface area (Å²) < 4.78 is 4.46. The fraction of sp³-hybridized carbons (Fsp3) is 0.667. The van der Waals surface area contributed by atoms with Crippen molar-refractivity contribution in [3.05, 3.63) is 0 Å². The second-order valence-corrected chi connectivity index (χ2v) is 2.66. The monoisotopic (exact) mass is 177 g/mol. The molecule has 2 amide bonds. The molecule has 11 heavy (non-hydrogen) atoms. The van der Waals surface area contributed by atoms with Crippen LogP contribution in [0.2, 0.25) is 0 Å². The van der Waals surface area contributed by atoms with Gasteiger partial charge in [-0.05, 0) is 13.8 Å². The van der Waals surface area contributed by atoms with Gasteiger partial charge in [-0.25, -0.2) is 4.79 Å². The highest BCUT2D eigenvalue weighted by molar-refractivity contribution is 7.81. The lowest BCUT2D eigenvalue weighted by Crippen LogP contribution is -2.35. The summed E-state index contributed by atoms with van der Waals surface area (Å²) in [4.78, 5) is 21.3. The zero-order valence-electron chi connectivity index (χ0n) is 6.46. The minimum Gasteiger partial charge on any atom is -0.450 e. The van der Waals surface area contributed by atoms with Crippen molar-refractivity contribution in [2.75, 3.05) is 6.61 Å². The van der Waals surface area contributed by atoms with E-state index in [1.54, 1.807) is 13.8 Å². The number of amides is 2. The van der Waals surface area contributed by atoms with E-state index < -0.39 is 17.3 Å². The molecule has 1 N–H and O–H groups in total. The molecule has 0 aromatic rings. The SMILES string of the molecule is CCOC(=O)NC(=O)C(C)S. The van der Waals surface area contributed by atoms with Crippen LogP contribution >= 0.6 is 12.6 Å². The molecule has 0 aliphatic rings. The molecule has 1 atom stereocenters. The summed E-state index contributed by atoms with van der Waals surface area (Å²) >= 11 is 3.82. The van der Waals surface area contributed by atoms with Gasteiger partial charge in [0, 0.05) is 0 Å². The van der Waals surface area contributed by atoms with E-state index in [2.05, 4.69) is 17.4 Å². The van der Waals surface area contributed by atoms with Crippen molar-refractivity contribution in [1.29, 1.82) is 0 Å².